The quantitative estimate of drug-likeness (QED) is 0.0335. The number of aliphatic carboxylic acids is 2. The van der Waals surface area contributed by atoms with Gasteiger partial charge in [0.1, 0.15) is 22.8 Å². The number of thioether (sulfide) groups is 2. The second-order valence-electron chi connectivity index (χ2n) is 10.6. The Balaban J connectivity index is 1.17. The van der Waals surface area contributed by atoms with Crippen molar-refractivity contribution >= 4 is 69.5 Å². The topological polar surface area (TPSA) is 304 Å². The molecule has 4 aromatic rings. The summed E-state index contributed by atoms with van der Waals surface area (Å²) >= 11 is 3.14. The third-order valence-corrected chi connectivity index (χ3v) is 10.2. The Hall–Kier alpha value is -6.00. The van der Waals surface area contributed by atoms with Crippen LogP contribution in [0.2, 0.25) is 0 Å². The highest BCUT2D eigenvalue weighted by molar-refractivity contribution is 8.01. The van der Waals surface area contributed by atoms with Gasteiger partial charge in [0.05, 0.1) is 0 Å². The Morgan fingerprint density at radius 1 is 1.08 bits per heavy atom. The first-order valence-electron chi connectivity index (χ1n) is 14.2. The molecule has 51 heavy (non-hydrogen) atoms. The van der Waals surface area contributed by atoms with E-state index in [-0.39, 0.29) is 56.2 Å². The highest BCUT2D eigenvalue weighted by Gasteiger charge is 2.54. The molecular formula is C29H23N7O12S3. The molecule has 264 valence electrons. The Bertz CT molecular complexity index is 2130. The van der Waals surface area contributed by atoms with Gasteiger partial charge in [-0.3, -0.25) is 14.5 Å². The number of phenols is 4. The van der Waals surface area contributed by atoms with Crippen molar-refractivity contribution in [1.82, 2.24) is 25.4 Å². The number of rotatable bonds is 12. The lowest BCUT2D eigenvalue weighted by molar-refractivity contribution is -0.151. The first-order valence-corrected chi connectivity index (χ1v) is 17.1. The van der Waals surface area contributed by atoms with Crippen molar-refractivity contribution in [3.05, 3.63) is 64.3 Å². The Morgan fingerprint density at radius 2 is 1.80 bits per heavy atom. The molecule has 2 aliphatic heterocycles. The first kappa shape index (κ1) is 34.8. The number of nitrogens with one attached hydrogen (secondary N) is 1. The molecule has 2 aromatic carbocycles. The second-order valence-corrected chi connectivity index (χ2v) is 13.5. The summed E-state index contributed by atoms with van der Waals surface area (Å²) in [5.41, 5.74) is 5.37. The van der Waals surface area contributed by atoms with Crippen LogP contribution in [0.25, 0.3) is 11.5 Å². The number of nitrogens with zero attached hydrogens (tertiary/aromatic N) is 5. The number of carbonyl (C=O) groups excluding carboxylic acids is 2. The Morgan fingerprint density at radius 3 is 2.45 bits per heavy atom. The number of hydrogen-bond donors (Lipinski definition) is 8. The molecule has 1 saturated heterocycles. The molecule has 19 nitrogen and oxygen atoms in total. The molecule has 2 aromatic heterocycles. The molecule has 0 radical (unpaired) electrons. The van der Waals surface area contributed by atoms with Crippen LogP contribution in [0.5, 0.6) is 23.0 Å². The number of oxime groups is 1. The number of amides is 2. The highest BCUT2D eigenvalue weighted by Crippen LogP contribution is 2.42. The molecule has 1 fully saturated rings. The number of carboxylic acid groups (broad SMARTS) is 2. The summed E-state index contributed by atoms with van der Waals surface area (Å²) in [5, 5.41) is 73.1. The summed E-state index contributed by atoms with van der Waals surface area (Å²) in [6.45, 7) is 0. The first-order chi connectivity index (χ1) is 24.3. The summed E-state index contributed by atoms with van der Waals surface area (Å²) in [5.74, 6) is -6.29. The normalized spacial score (nSPS) is 17.8. The fraction of sp³-hybridized carbons (Fsp3) is 0.172. The number of carbonyl (C=O) groups is 4. The van der Waals surface area contributed by atoms with Gasteiger partial charge in [-0.1, -0.05) is 23.0 Å². The standard InChI is InChI=1S/C29H23N7O12S3/c30-28-31-13(9-50-28)18(35-48-21(27(45)46)10-1-3-14(37)16(39)5-10)22(41)32-19-24(42)36-20(26(43)44)12(7-49-25(19)36)8-51-29-34-33-23(47-29)11-2-4-15(38)17(40)6-11/h1-6,9,19,21,25,37-40H,7-8H2,(H2,30,31)(H,32,41)(H,43,44)(H,45,46)/t19-,21?,25-/m1/s1. The molecule has 0 aliphatic carbocycles. The van der Waals surface area contributed by atoms with Crippen molar-refractivity contribution in [2.45, 2.75) is 22.7 Å². The molecule has 6 rings (SSSR count). The zero-order chi connectivity index (χ0) is 36.6. The number of nitrogen functional groups attached to an aromatic ring is 1. The van der Waals surface area contributed by atoms with Crippen molar-refractivity contribution < 1.29 is 59.1 Å². The van der Waals surface area contributed by atoms with E-state index in [1.807, 2.05) is 0 Å². The molecule has 2 aliphatic rings. The molecule has 2 amide bonds. The summed E-state index contributed by atoms with van der Waals surface area (Å²) in [6, 6.07) is 5.86. The number of β-lactam (4-membered cyclic amide) rings is 1. The van der Waals surface area contributed by atoms with Crippen molar-refractivity contribution in [2.75, 3.05) is 17.2 Å². The van der Waals surface area contributed by atoms with E-state index in [1.54, 1.807) is 0 Å². The zero-order valence-electron chi connectivity index (χ0n) is 25.4. The molecule has 4 heterocycles. The smallest absolute Gasteiger partial charge is 0.352 e. The minimum Gasteiger partial charge on any atom is -0.504 e. The van der Waals surface area contributed by atoms with Crippen molar-refractivity contribution in [1.29, 1.82) is 0 Å². The molecule has 0 saturated carbocycles. The molecule has 0 bridgehead atoms. The van der Waals surface area contributed by atoms with E-state index in [4.69, 9.17) is 15.0 Å². The predicted molar refractivity (Wildman–Crippen MR) is 178 cm³/mol. The number of aromatic hydroxyl groups is 4. The maximum absolute atomic E-state index is 13.5. The van der Waals surface area contributed by atoms with Gasteiger partial charge in [0.25, 0.3) is 17.0 Å². The average Bonchev–Trinajstić information content (AvgIpc) is 3.75. The van der Waals surface area contributed by atoms with Crippen LogP contribution in [0.15, 0.2) is 67.8 Å². The van der Waals surface area contributed by atoms with Crippen LogP contribution in [0.4, 0.5) is 5.13 Å². The van der Waals surface area contributed by atoms with E-state index in [2.05, 4.69) is 25.7 Å². The number of benzene rings is 2. The molecule has 0 spiro atoms. The van der Waals surface area contributed by atoms with Crippen molar-refractivity contribution in [3.8, 4) is 34.5 Å². The summed E-state index contributed by atoms with van der Waals surface area (Å²) < 4.78 is 5.59. The third kappa shape index (κ3) is 7.04. The van der Waals surface area contributed by atoms with Gasteiger partial charge in [-0.05, 0) is 35.9 Å². The van der Waals surface area contributed by atoms with E-state index in [1.165, 1.54) is 35.3 Å². The van der Waals surface area contributed by atoms with Crippen LogP contribution >= 0.6 is 34.9 Å². The SMILES string of the molecule is Nc1nc(C(=NOC(C(=O)O)c2ccc(O)c(O)c2)C(=O)N[C@@H]2C(=O)N3C(C(=O)O)=C(CSc4nnc(-c5ccc(O)c(O)c5)o4)CS[C@H]23)cs1. The van der Waals surface area contributed by atoms with Crippen LogP contribution in [0.1, 0.15) is 17.4 Å². The van der Waals surface area contributed by atoms with Crippen molar-refractivity contribution in [2.24, 2.45) is 5.16 Å². The van der Waals surface area contributed by atoms with Crippen LogP contribution in [0, 0.1) is 0 Å². The Labute approximate surface area is 297 Å². The highest BCUT2D eigenvalue weighted by atomic mass is 32.2. The number of anilines is 1. The van der Waals surface area contributed by atoms with E-state index in [0.29, 0.717) is 11.1 Å². The molecule has 3 atom stereocenters. The Kier molecular flexibility index (Phi) is 9.62. The van der Waals surface area contributed by atoms with E-state index >= 15 is 0 Å². The monoisotopic (exact) mass is 757 g/mol. The van der Waals surface area contributed by atoms with Crippen LogP contribution in [-0.2, 0) is 24.0 Å². The summed E-state index contributed by atoms with van der Waals surface area (Å²) in [7, 11) is 0. The molecule has 9 N–H and O–H groups in total. The fourth-order valence-electron chi connectivity index (χ4n) is 4.85. The van der Waals surface area contributed by atoms with Gasteiger partial charge in [0, 0.05) is 28.0 Å². The number of nitrogens with two attached hydrogens (primary N) is 1. The lowest BCUT2D eigenvalue weighted by Crippen LogP contribution is -2.71. The second kappa shape index (κ2) is 14.1. The minimum absolute atomic E-state index is 0.0375. The summed E-state index contributed by atoms with van der Waals surface area (Å²) in [6.07, 6.45) is -1.84. The van der Waals surface area contributed by atoms with Gasteiger partial charge in [0.15, 0.2) is 33.8 Å². The summed E-state index contributed by atoms with van der Waals surface area (Å²) in [4.78, 5) is 61.4. The molecule has 22 heteroatoms. The van der Waals surface area contributed by atoms with Crippen LogP contribution in [-0.4, -0.2) is 103 Å². The van der Waals surface area contributed by atoms with Crippen LogP contribution in [0.3, 0.4) is 0 Å². The average molecular weight is 758 g/mol. The van der Waals surface area contributed by atoms with Gasteiger partial charge in [-0.2, -0.15) is 0 Å². The van der Waals surface area contributed by atoms with Crippen LogP contribution < -0.4 is 11.1 Å². The number of aromatic nitrogens is 3. The number of fused-ring (bicyclic) bond motifs is 1. The van der Waals surface area contributed by atoms with Crippen molar-refractivity contribution in [3.63, 3.8) is 0 Å². The van der Waals surface area contributed by atoms with Gasteiger partial charge < -0.3 is 50.9 Å². The van der Waals surface area contributed by atoms with E-state index in [9.17, 15) is 49.8 Å². The van der Waals surface area contributed by atoms with Gasteiger partial charge >= 0.3 is 11.9 Å². The third-order valence-electron chi connectivity index (χ3n) is 7.29. The number of carboxylic acids is 2. The van der Waals surface area contributed by atoms with E-state index in [0.717, 1.165) is 46.2 Å². The maximum atomic E-state index is 13.5. The maximum Gasteiger partial charge on any atom is 0.352 e. The van der Waals surface area contributed by atoms with Gasteiger partial charge in [0.2, 0.25) is 12.0 Å². The number of hydrogen-bond acceptors (Lipinski definition) is 18. The zero-order valence-corrected chi connectivity index (χ0v) is 27.8. The van der Waals surface area contributed by atoms with E-state index < -0.39 is 58.5 Å². The largest absolute Gasteiger partial charge is 0.504 e. The van der Waals surface area contributed by atoms with Gasteiger partial charge in [-0.25, -0.2) is 14.6 Å². The lowest BCUT2D eigenvalue weighted by Gasteiger charge is -2.49. The predicted octanol–water partition coefficient (Wildman–Crippen LogP) is 1.68. The number of phenolic OH excluding ortho intramolecular Hbond substituents is 4. The fourth-order valence-corrected chi connectivity index (χ4v) is 7.65. The number of thiazole rings is 1. The minimum atomic E-state index is -1.84. The lowest BCUT2D eigenvalue weighted by atomic mass is 10.0. The molecule has 1 unspecified atom stereocenters. The van der Waals surface area contributed by atoms with Gasteiger partial charge in [-0.15, -0.1) is 33.3 Å². The molecular weight excluding hydrogens is 735 g/mol.